The summed E-state index contributed by atoms with van der Waals surface area (Å²) in [5.41, 5.74) is 0. The highest BCUT2D eigenvalue weighted by atomic mass is 35.5. The van der Waals surface area contributed by atoms with Crippen molar-refractivity contribution >= 4 is 17.4 Å². The Labute approximate surface area is 82.8 Å². The maximum Gasteiger partial charge on any atom is 0.147 e. The van der Waals surface area contributed by atoms with E-state index in [0.29, 0.717) is 0 Å². The lowest BCUT2D eigenvalue weighted by Crippen LogP contribution is -2.36. The van der Waals surface area contributed by atoms with Crippen molar-refractivity contribution in [2.24, 2.45) is 0 Å². The quantitative estimate of drug-likeness (QED) is 0.642. The van der Waals surface area contributed by atoms with Gasteiger partial charge in [-0.3, -0.25) is 4.98 Å². The second-order valence-electron chi connectivity index (χ2n) is 3.25. The molecule has 1 aromatic heterocycles. The monoisotopic (exact) mass is 197 g/mol. The van der Waals surface area contributed by atoms with Crippen molar-refractivity contribution < 1.29 is 0 Å². The van der Waals surface area contributed by atoms with Crippen LogP contribution in [-0.4, -0.2) is 28.4 Å². The smallest absolute Gasteiger partial charge is 0.147 e. The van der Waals surface area contributed by atoms with Crippen LogP contribution in [0.1, 0.15) is 12.8 Å². The number of alkyl halides is 1. The summed E-state index contributed by atoms with van der Waals surface area (Å²) < 4.78 is 0. The van der Waals surface area contributed by atoms with Gasteiger partial charge in [0.2, 0.25) is 0 Å². The van der Waals surface area contributed by atoms with Crippen LogP contribution in [0.4, 0.5) is 5.82 Å². The molecule has 1 unspecified atom stereocenters. The Balaban J connectivity index is 2.08. The minimum atomic E-state index is 0.260. The summed E-state index contributed by atoms with van der Waals surface area (Å²) in [4.78, 5) is 10.5. The highest BCUT2D eigenvalue weighted by molar-refractivity contribution is 6.21. The molecule has 3 nitrogen and oxygen atoms in total. The van der Waals surface area contributed by atoms with E-state index in [4.69, 9.17) is 11.6 Å². The van der Waals surface area contributed by atoms with Crippen molar-refractivity contribution in [1.29, 1.82) is 0 Å². The lowest BCUT2D eigenvalue weighted by molar-refractivity contribution is 0.579. The van der Waals surface area contributed by atoms with Crippen LogP contribution in [0.15, 0.2) is 18.6 Å². The predicted molar refractivity (Wildman–Crippen MR) is 53.1 cm³/mol. The molecule has 1 aliphatic heterocycles. The third kappa shape index (κ3) is 2.10. The predicted octanol–water partition coefficient (Wildman–Crippen LogP) is 1.68. The molecule has 0 amide bonds. The van der Waals surface area contributed by atoms with Gasteiger partial charge in [0.15, 0.2) is 0 Å². The van der Waals surface area contributed by atoms with E-state index in [9.17, 15) is 0 Å². The molecular weight excluding hydrogens is 186 g/mol. The first-order chi connectivity index (χ1) is 6.36. The van der Waals surface area contributed by atoms with Crippen LogP contribution < -0.4 is 4.90 Å². The summed E-state index contributed by atoms with van der Waals surface area (Å²) in [7, 11) is 0. The molecule has 0 N–H and O–H groups in total. The van der Waals surface area contributed by atoms with Gasteiger partial charge < -0.3 is 4.90 Å². The molecule has 1 aromatic rings. The minimum absolute atomic E-state index is 0.260. The molecule has 1 aliphatic rings. The van der Waals surface area contributed by atoms with Gasteiger partial charge in [-0.2, -0.15) is 0 Å². The molecule has 1 saturated heterocycles. The molecule has 4 heteroatoms. The number of halogens is 1. The molecule has 0 spiro atoms. The van der Waals surface area contributed by atoms with Gasteiger partial charge in [0.25, 0.3) is 0 Å². The molecule has 70 valence electrons. The fourth-order valence-corrected chi connectivity index (χ4v) is 1.91. The van der Waals surface area contributed by atoms with E-state index in [1.54, 1.807) is 18.6 Å². The normalized spacial score (nSPS) is 23.2. The number of piperidine rings is 1. The average molecular weight is 198 g/mol. The standard InChI is InChI=1S/C9H12ClN3/c10-8-2-1-5-13(7-8)9-6-11-3-4-12-9/h3-4,6,8H,1-2,5,7H2. The highest BCUT2D eigenvalue weighted by Gasteiger charge is 2.18. The lowest BCUT2D eigenvalue weighted by atomic mass is 10.1. The van der Waals surface area contributed by atoms with Crippen molar-refractivity contribution in [3.63, 3.8) is 0 Å². The Hall–Kier alpha value is -0.830. The Kier molecular flexibility index (Phi) is 2.64. The van der Waals surface area contributed by atoms with Crippen molar-refractivity contribution in [3.8, 4) is 0 Å². The summed E-state index contributed by atoms with van der Waals surface area (Å²) >= 11 is 6.07. The Morgan fingerprint density at radius 1 is 1.46 bits per heavy atom. The second kappa shape index (κ2) is 3.92. The third-order valence-electron chi connectivity index (χ3n) is 2.24. The SMILES string of the molecule is ClC1CCCN(c2cnccn2)C1. The maximum absolute atomic E-state index is 6.07. The van der Waals surface area contributed by atoms with Crippen LogP contribution in [0.2, 0.25) is 0 Å². The molecular formula is C9H12ClN3. The molecule has 1 fully saturated rings. The number of nitrogens with zero attached hydrogens (tertiary/aromatic N) is 3. The first-order valence-corrected chi connectivity index (χ1v) is 4.95. The fourth-order valence-electron chi connectivity index (χ4n) is 1.59. The lowest BCUT2D eigenvalue weighted by Gasteiger charge is -2.30. The van der Waals surface area contributed by atoms with Gasteiger partial charge in [0, 0.05) is 25.5 Å². The van der Waals surface area contributed by atoms with Crippen LogP contribution in [0.25, 0.3) is 0 Å². The number of anilines is 1. The average Bonchev–Trinajstić information content (AvgIpc) is 2.19. The highest BCUT2D eigenvalue weighted by Crippen LogP contribution is 2.19. The van der Waals surface area contributed by atoms with E-state index in [2.05, 4.69) is 14.9 Å². The molecule has 1 atom stereocenters. The van der Waals surface area contributed by atoms with Gasteiger partial charge in [0.05, 0.1) is 11.6 Å². The summed E-state index contributed by atoms with van der Waals surface area (Å²) in [6.07, 6.45) is 7.44. The van der Waals surface area contributed by atoms with E-state index in [-0.39, 0.29) is 5.38 Å². The zero-order valence-corrected chi connectivity index (χ0v) is 8.11. The van der Waals surface area contributed by atoms with Crippen molar-refractivity contribution in [1.82, 2.24) is 9.97 Å². The Morgan fingerprint density at radius 3 is 3.08 bits per heavy atom. The number of rotatable bonds is 1. The number of hydrogen-bond donors (Lipinski definition) is 0. The van der Waals surface area contributed by atoms with Crippen molar-refractivity contribution in [2.75, 3.05) is 18.0 Å². The first kappa shape index (κ1) is 8.75. The molecule has 0 aliphatic carbocycles. The Morgan fingerprint density at radius 2 is 2.38 bits per heavy atom. The fraction of sp³-hybridized carbons (Fsp3) is 0.556. The van der Waals surface area contributed by atoms with Crippen LogP contribution in [-0.2, 0) is 0 Å². The maximum atomic E-state index is 6.07. The zero-order valence-electron chi connectivity index (χ0n) is 7.36. The van der Waals surface area contributed by atoms with Crippen LogP contribution in [0.3, 0.4) is 0 Å². The minimum Gasteiger partial charge on any atom is -0.354 e. The van der Waals surface area contributed by atoms with Gasteiger partial charge in [-0.1, -0.05) is 0 Å². The summed E-state index contributed by atoms with van der Waals surface area (Å²) in [5.74, 6) is 0.938. The summed E-state index contributed by atoms with van der Waals surface area (Å²) in [6, 6.07) is 0. The van der Waals surface area contributed by atoms with E-state index in [1.807, 2.05) is 0 Å². The van der Waals surface area contributed by atoms with Crippen molar-refractivity contribution in [3.05, 3.63) is 18.6 Å². The molecule has 2 heterocycles. The van der Waals surface area contributed by atoms with E-state index in [1.165, 1.54) is 0 Å². The topological polar surface area (TPSA) is 29.0 Å². The van der Waals surface area contributed by atoms with Crippen LogP contribution >= 0.6 is 11.6 Å². The zero-order chi connectivity index (χ0) is 9.10. The third-order valence-corrected chi connectivity index (χ3v) is 2.59. The molecule has 2 rings (SSSR count). The number of hydrogen-bond acceptors (Lipinski definition) is 3. The van der Waals surface area contributed by atoms with E-state index < -0.39 is 0 Å². The van der Waals surface area contributed by atoms with Gasteiger partial charge in [0.1, 0.15) is 5.82 Å². The molecule has 0 saturated carbocycles. The van der Waals surface area contributed by atoms with Crippen LogP contribution in [0.5, 0.6) is 0 Å². The Bertz CT molecular complexity index is 265. The molecule has 13 heavy (non-hydrogen) atoms. The van der Waals surface area contributed by atoms with E-state index in [0.717, 1.165) is 31.7 Å². The molecule has 0 bridgehead atoms. The second-order valence-corrected chi connectivity index (χ2v) is 3.87. The van der Waals surface area contributed by atoms with Gasteiger partial charge >= 0.3 is 0 Å². The van der Waals surface area contributed by atoms with E-state index >= 15 is 0 Å². The van der Waals surface area contributed by atoms with Gasteiger partial charge in [-0.05, 0) is 12.8 Å². The largest absolute Gasteiger partial charge is 0.354 e. The molecule has 0 aromatic carbocycles. The van der Waals surface area contributed by atoms with Gasteiger partial charge in [-0.25, -0.2) is 4.98 Å². The van der Waals surface area contributed by atoms with Gasteiger partial charge in [-0.15, -0.1) is 11.6 Å². The molecule has 0 radical (unpaired) electrons. The number of aromatic nitrogens is 2. The summed E-state index contributed by atoms with van der Waals surface area (Å²) in [5, 5.41) is 0.260. The summed E-state index contributed by atoms with van der Waals surface area (Å²) in [6.45, 7) is 1.93. The van der Waals surface area contributed by atoms with Crippen molar-refractivity contribution in [2.45, 2.75) is 18.2 Å². The van der Waals surface area contributed by atoms with Crippen LogP contribution in [0, 0.1) is 0 Å². The first-order valence-electron chi connectivity index (χ1n) is 4.51.